The zero-order valence-electron chi connectivity index (χ0n) is 12.2. The predicted molar refractivity (Wildman–Crippen MR) is 71.8 cm³/mol. The van der Waals surface area contributed by atoms with Crippen molar-refractivity contribution in [3.63, 3.8) is 0 Å². The van der Waals surface area contributed by atoms with Crippen molar-refractivity contribution >= 4 is 0 Å². The Hall–Kier alpha value is -1.69. The Labute approximate surface area is 113 Å². The van der Waals surface area contributed by atoms with Crippen LogP contribution in [0.3, 0.4) is 0 Å². The van der Waals surface area contributed by atoms with Crippen LogP contribution in [-0.2, 0) is 13.1 Å². The molecule has 0 aliphatic heterocycles. The molecule has 0 saturated carbocycles. The van der Waals surface area contributed by atoms with Gasteiger partial charge in [-0.25, -0.2) is 0 Å². The van der Waals surface area contributed by atoms with E-state index in [1.54, 1.807) is 6.92 Å². The first kappa shape index (κ1) is 13.7. The minimum Gasteiger partial charge on any atom is -0.340 e. The molecule has 0 amide bonds. The molecule has 0 aromatic carbocycles. The lowest BCUT2D eigenvalue weighted by molar-refractivity contribution is 0.385. The molecule has 0 saturated heterocycles. The van der Waals surface area contributed by atoms with E-state index in [-0.39, 0.29) is 0 Å². The maximum atomic E-state index is 4.98. The van der Waals surface area contributed by atoms with Crippen LogP contribution in [0.1, 0.15) is 42.5 Å². The van der Waals surface area contributed by atoms with Crippen molar-refractivity contribution in [1.82, 2.24) is 25.2 Å². The molecule has 6 nitrogen and oxygen atoms in total. The molecule has 0 fully saturated rings. The minimum absolute atomic E-state index is 0.460. The average Bonchev–Trinajstić information content (AvgIpc) is 2.83. The second kappa shape index (κ2) is 5.52. The fourth-order valence-electron chi connectivity index (χ4n) is 1.99. The largest absolute Gasteiger partial charge is 0.340 e. The lowest BCUT2D eigenvalue weighted by atomic mass is 10.2. The highest BCUT2D eigenvalue weighted by Gasteiger charge is 2.13. The number of nitrogens with one attached hydrogen (secondary N) is 1. The number of aryl methyl sites for hydroxylation is 2. The van der Waals surface area contributed by atoms with E-state index in [2.05, 4.69) is 41.3 Å². The summed E-state index contributed by atoms with van der Waals surface area (Å²) in [6, 6.07) is 0.460. The average molecular weight is 263 g/mol. The van der Waals surface area contributed by atoms with Crippen molar-refractivity contribution in [2.45, 2.75) is 53.8 Å². The van der Waals surface area contributed by atoms with E-state index >= 15 is 0 Å². The molecular formula is C13H21N5O. The molecular weight excluding hydrogens is 242 g/mol. The van der Waals surface area contributed by atoms with Gasteiger partial charge in [0.15, 0.2) is 5.82 Å². The third-order valence-corrected chi connectivity index (χ3v) is 3.08. The van der Waals surface area contributed by atoms with Gasteiger partial charge in [-0.15, -0.1) is 0 Å². The third kappa shape index (κ3) is 3.20. The zero-order chi connectivity index (χ0) is 14.0. The smallest absolute Gasteiger partial charge is 0.223 e. The molecule has 0 spiro atoms. The second-order valence-electron chi connectivity index (χ2n) is 5.07. The minimum atomic E-state index is 0.460. The summed E-state index contributed by atoms with van der Waals surface area (Å²) in [5, 5.41) is 11.9. The standard InChI is InChI=1S/C13H21N5O/c1-8(2)14-6-12-9(3)16-18(10(12)4)7-13-15-11(5)19-17-13/h8,14H,6-7H2,1-5H3. The van der Waals surface area contributed by atoms with Gasteiger partial charge in [-0.1, -0.05) is 19.0 Å². The lowest BCUT2D eigenvalue weighted by Crippen LogP contribution is -2.22. The van der Waals surface area contributed by atoms with Gasteiger partial charge in [-0.05, 0) is 13.8 Å². The number of nitrogens with zero attached hydrogens (tertiary/aromatic N) is 4. The van der Waals surface area contributed by atoms with Gasteiger partial charge in [0.05, 0.1) is 5.69 Å². The summed E-state index contributed by atoms with van der Waals surface area (Å²) in [6.45, 7) is 11.5. The van der Waals surface area contributed by atoms with Crippen LogP contribution in [0.4, 0.5) is 0 Å². The Kier molecular flexibility index (Phi) is 3.99. The quantitative estimate of drug-likeness (QED) is 0.889. The van der Waals surface area contributed by atoms with Crippen molar-refractivity contribution in [2.75, 3.05) is 0 Å². The summed E-state index contributed by atoms with van der Waals surface area (Å²) in [5.74, 6) is 1.24. The topological polar surface area (TPSA) is 68.8 Å². The highest BCUT2D eigenvalue weighted by molar-refractivity contribution is 5.24. The van der Waals surface area contributed by atoms with E-state index in [4.69, 9.17) is 4.52 Å². The molecule has 0 unspecified atom stereocenters. The molecule has 2 heterocycles. The van der Waals surface area contributed by atoms with Crippen LogP contribution in [-0.4, -0.2) is 26.0 Å². The SMILES string of the molecule is Cc1nc(Cn2nc(C)c(CNC(C)C)c2C)no1. The Balaban J connectivity index is 2.16. The first-order valence-electron chi connectivity index (χ1n) is 6.52. The molecule has 19 heavy (non-hydrogen) atoms. The van der Waals surface area contributed by atoms with Gasteiger partial charge in [0.1, 0.15) is 6.54 Å². The van der Waals surface area contributed by atoms with Crippen LogP contribution in [0.5, 0.6) is 0 Å². The predicted octanol–water partition coefficient (Wildman–Crippen LogP) is 1.74. The highest BCUT2D eigenvalue weighted by atomic mass is 16.5. The Morgan fingerprint density at radius 3 is 2.58 bits per heavy atom. The number of hydrogen-bond acceptors (Lipinski definition) is 5. The van der Waals surface area contributed by atoms with Crippen LogP contribution in [0.2, 0.25) is 0 Å². The van der Waals surface area contributed by atoms with Crippen molar-refractivity contribution in [1.29, 1.82) is 0 Å². The van der Waals surface area contributed by atoms with Crippen LogP contribution < -0.4 is 5.32 Å². The highest BCUT2D eigenvalue weighted by Crippen LogP contribution is 2.14. The summed E-state index contributed by atoms with van der Waals surface area (Å²) in [7, 11) is 0. The number of rotatable bonds is 5. The van der Waals surface area contributed by atoms with Crippen LogP contribution in [0, 0.1) is 20.8 Å². The van der Waals surface area contributed by atoms with Crippen LogP contribution in [0.15, 0.2) is 4.52 Å². The Bertz CT molecular complexity index is 555. The Morgan fingerprint density at radius 1 is 1.26 bits per heavy atom. The summed E-state index contributed by atoms with van der Waals surface area (Å²) in [6.07, 6.45) is 0. The monoisotopic (exact) mass is 263 g/mol. The number of hydrogen-bond donors (Lipinski definition) is 1. The third-order valence-electron chi connectivity index (χ3n) is 3.08. The second-order valence-corrected chi connectivity index (χ2v) is 5.07. The first-order chi connectivity index (χ1) is 8.97. The molecule has 0 atom stereocenters. The fraction of sp³-hybridized carbons (Fsp3) is 0.615. The summed E-state index contributed by atoms with van der Waals surface area (Å²) in [5.41, 5.74) is 3.44. The van der Waals surface area contributed by atoms with E-state index in [0.717, 1.165) is 17.9 Å². The first-order valence-corrected chi connectivity index (χ1v) is 6.52. The summed E-state index contributed by atoms with van der Waals surface area (Å²) >= 11 is 0. The Morgan fingerprint density at radius 2 is 2.00 bits per heavy atom. The summed E-state index contributed by atoms with van der Waals surface area (Å²) < 4.78 is 6.91. The maximum absolute atomic E-state index is 4.98. The van der Waals surface area contributed by atoms with Gasteiger partial charge in [-0.3, -0.25) is 4.68 Å². The van der Waals surface area contributed by atoms with Crippen LogP contribution in [0.25, 0.3) is 0 Å². The summed E-state index contributed by atoms with van der Waals surface area (Å²) in [4.78, 5) is 4.21. The van der Waals surface area contributed by atoms with Crippen molar-refractivity contribution < 1.29 is 4.52 Å². The molecule has 2 rings (SSSR count). The molecule has 6 heteroatoms. The van der Waals surface area contributed by atoms with E-state index in [1.165, 1.54) is 5.56 Å². The van der Waals surface area contributed by atoms with Crippen molar-refractivity contribution in [2.24, 2.45) is 0 Å². The normalized spacial score (nSPS) is 11.5. The molecule has 0 aliphatic rings. The molecule has 2 aromatic heterocycles. The van der Waals surface area contributed by atoms with E-state index < -0.39 is 0 Å². The zero-order valence-corrected chi connectivity index (χ0v) is 12.2. The van der Waals surface area contributed by atoms with Gasteiger partial charge in [0.25, 0.3) is 0 Å². The van der Waals surface area contributed by atoms with Crippen molar-refractivity contribution in [3.8, 4) is 0 Å². The molecule has 0 aliphatic carbocycles. The lowest BCUT2D eigenvalue weighted by Gasteiger charge is -2.08. The van der Waals surface area contributed by atoms with Gasteiger partial charge < -0.3 is 9.84 Å². The van der Waals surface area contributed by atoms with Gasteiger partial charge >= 0.3 is 0 Å². The van der Waals surface area contributed by atoms with Gasteiger partial charge in [0, 0.05) is 30.8 Å². The van der Waals surface area contributed by atoms with Gasteiger partial charge in [-0.2, -0.15) is 10.1 Å². The van der Waals surface area contributed by atoms with Crippen LogP contribution >= 0.6 is 0 Å². The fourth-order valence-corrected chi connectivity index (χ4v) is 1.99. The van der Waals surface area contributed by atoms with E-state index in [0.29, 0.717) is 24.3 Å². The van der Waals surface area contributed by atoms with E-state index in [1.807, 2.05) is 11.6 Å². The molecule has 0 bridgehead atoms. The number of aromatic nitrogens is 4. The van der Waals surface area contributed by atoms with E-state index in [9.17, 15) is 0 Å². The molecule has 0 radical (unpaired) electrons. The molecule has 1 N–H and O–H groups in total. The molecule has 2 aromatic rings. The maximum Gasteiger partial charge on any atom is 0.223 e. The molecule has 104 valence electrons. The van der Waals surface area contributed by atoms with Crippen molar-refractivity contribution in [3.05, 3.63) is 28.7 Å². The van der Waals surface area contributed by atoms with Gasteiger partial charge in [0.2, 0.25) is 5.89 Å².